The van der Waals surface area contributed by atoms with Crippen LogP contribution in [0, 0.1) is 5.92 Å². The Morgan fingerprint density at radius 3 is 2.28 bits per heavy atom. The molecule has 0 saturated carbocycles. The van der Waals surface area contributed by atoms with Crippen molar-refractivity contribution in [2.24, 2.45) is 5.92 Å². The van der Waals surface area contributed by atoms with Gasteiger partial charge in [0.1, 0.15) is 11.6 Å². The number of rotatable bonds is 6. The van der Waals surface area contributed by atoms with Crippen molar-refractivity contribution < 1.29 is 14.3 Å². The van der Waals surface area contributed by atoms with Gasteiger partial charge < -0.3 is 10.1 Å². The first kappa shape index (κ1) is 16.7. The molecule has 1 N–H and O–H groups in total. The fraction of sp³-hybridized carbons (Fsp3) is 0.714. The van der Waals surface area contributed by atoms with Crippen LogP contribution < -0.4 is 5.32 Å². The van der Waals surface area contributed by atoms with Gasteiger partial charge in [-0.15, -0.1) is 6.58 Å². The molecule has 0 aliphatic carbocycles. The predicted molar refractivity (Wildman–Crippen MR) is 72.0 cm³/mol. The average Bonchev–Trinajstić information content (AvgIpc) is 2.19. The van der Waals surface area contributed by atoms with E-state index in [0.717, 1.165) is 0 Å². The van der Waals surface area contributed by atoms with Crippen LogP contribution in [0.2, 0.25) is 0 Å². The lowest BCUT2D eigenvalue weighted by Gasteiger charge is -2.26. The summed E-state index contributed by atoms with van der Waals surface area (Å²) in [6.07, 6.45) is 2.62. The van der Waals surface area contributed by atoms with Crippen LogP contribution in [0.25, 0.3) is 0 Å². The van der Waals surface area contributed by atoms with Crippen LogP contribution in [-0.2, 0) is 14.3 Å². The van der Waals surface area contributed by atoms with Gasteiger partial charge in [0.25, 0.3) is 0 Å². The molecule has 0 unspecified atom stereocenters. The van der Waals surface area contributed by atoms with Gasteiger partial charge in [0.2, 0.25) is 5.91 Å². The maximum atomic E-state index is 12.0. The van der Waals surface area contributed by atoms with Crippen molar-refractivity contribution >= 4 is 11.9 Å². The van der Waals surface area contributed by atoms with Crippen molar-refractivity contribution in [2.75, 3.05) is 0 Å². The van der Waals surface area contributed by atoms with Crippen molar-refractivity contribution in [1.82, 2.24) is 5.32 Å². The normalized spacial score (nSPS) is 13.0. The molecule has 0 radical (unpaired) electrons. The highest BCUT2D eigenvalue weighted by molar-refractivity contribution is 5.84. The van der Waals surface area contributed by atoms with Gasteiger partial charge in [0.05, 0.1) is 0 Å². The summed E-state index contributed by atoms with van der Waals surface area (Å²) in [5.41, 5.74) is -0.546. The number of amides is 1. The Morgan fingerprint density at radius 2 is 1.89 bits per heavy atom. The molecular weight excluding hydrogens is 230 g/mol. The number of ether oxygens (including phenoxy) is 1. The van der Waals surface area contributed by atoms with Gasteiger partial charge in [-0.3, -0.25) is 4.79 Å². The molecule has 1 atom stereocenters. The zero-order valence-corrected chi connectivity index (χ0v) is 12.1. The summed E-state index contributed by atoms with van der Waals surface area (Å²) in [4.78, 5) is 23.6. The number of allylic oxidation sites excluding steroid dienone is 1. The van der Waals surface area contributed by atoms with Crippen molar-refractivity contribution in [2.45, 2.75) is 59.1 Å². The minimum absolute atomic E-state index is 0.00692. The Bertz CT molecular complexity index is 303. The second-order valence-corrected chi connectivity index (χ2v) is 5.65. The third-order valence-electron chi connectivity index (χ3n) is 2.22. The van der Waals surface area contributed by atoms with E-state index in [1.165, 1.54) is 0 Å². The van der Waals surface area contributed by atoms with Crippen LogP contribution >= 0.6 is 0 Å². The molecule has 0 saturated heterocycles. The van der Waals surface area contributed by atoms with E-state index in [1.54, 1.807) is 6.08 Å². The van der Waals surface area contributed by atoms with Gasteiger partial charge in [-0.1, -0.05) is 19.9 Å². The molecule has 0 bridgehead atoms. The molecular formula is C14H25NO3. The Kier molecular flexibility index (Phi) is 6.66. The number of hydrogen-bond acceptors (Lipinski definition) is 3. The van der Waals surface area contributed by atoms with Gasteiger partial charge in [-0.25, -0.2) is 4.79 Å². The Balaban J connectivity index is 4.52. The number of carbonyl (C=O) groups is 2. The summed E-state index contributed by atoms with van der Waals surface area (Å²) in [7, 11) is 0. The molecule has 0 aromatic heterocycles. The first-order valence-electron chi connectivity index (χ1n) is 6.30. The fourth-order valence-electron chi connectivity index (χ4n) is 1.34. The first-order chi connectivity index (χ1) is 8.17. The lowest BCUT2D eigenvalue weighted by molar-refractivity contribution is -0.160. The van der Waals surface area contributed by atoms with Crippen molar-refractivity contribution in [3.63, 3.8) is 0 Å². The van der Waals surface area contributed by atoms with Crippen molar-refractivity contribution in [3.05, 3.63) is 12.7 Å². The number of hydrogen-bond donors (Lipinski definition) is 1. The van der Waals surface area contributed by atoms with Gasteiger partial charge in [-0.2, -0.15) is 0 Å². The summed E-state index contributed by atoms with van der Waals surface area (Å²) >= 11 is 0. The van der Waals surface area contributed by atoms with Crippen LogP contribution in [0.5, 0.6) is 0 Å². The summed E-state index contributed by atoms with van der Waals surface area (Å²) < 4.78 is 5.29. The highest BCUT2D eigenvalue weighted by atomic mass is 16.6. The second kappa shape index (κ2) is 7.19. The minimum Gasteiger partial charge on any atom is -0.458 e. The van der Waals surface area contributed by atoms with E-state index < -0.39 is 11.6 Å². The highest BCUT2D eigenvalue weighted by Crippen LogP contribution is 2.12. The largest absolute Gasteiger partial charge is 0.458 e. The zero-order valence-electron chi connectivity index (χ0n) is 12.1. The van der Waals surface area contributed by atoms with E-state index in [9.17, 15) is 9.59 Å². The first-order valence-corrected chi connectivity index (χ1v) is 6.30. The molecule has 0 aromatic carbocycles. The summed E-state index contributed by atoms with van der Waals surface area (Å²) in [6, 6.07) is -0.596. The maximum absolute atomic E-state index is 12.0. The van der Waals surface area contributed by atoms with Crippen LogP contribution in [0.3, 0.4) is 0 Å². The lowest BCUT2D eigenvalue weighted by Crippen LogP contribution is -2.47. The molecule has 18 heavy (non-hydrogen) atoms. The third kappa shape index (κ3) is 7.09. The van der Waals surface area contributed by atoms with E-state index in [0.29, 0.717) is 12.8 Å². The smallest absolute Gasteiger partial charge is 0.329 e. The zero-order chi connectivity index (χ0) is 14.3. The van der Waals surface area contributed by atoms with Crippen LogP contribution in [-0.4, -0.2) is 23.5 Å². The van der Waals surface area contributed by atoms with E-state index >= 15 is 0 Å². The molecule has 4 nitrogen and oxygen atoms in total. The predicted octanol–water partition coefficient (Wildman–Crippen LogP) is 2.44. The van der Waals surface area contributed by atoms with E-state index in [-0.39, 0.29) is 17.8 Å². The molecule has 0 aliphatic rings. The SMILES string of the molecule is C=CCCC(=O)N[C@@H](C(=O)OC(C)(C)C)C(C)C. The van der Waals surface area contributed by atoms with Gasteiger partial charge in [0.15, 0.2) is 0 Å². The van der Waals surface area contributed by atoms with Crippen molar-refractivity contribution in [3.8, 4) is 0 Å². The molecule has 0 aliphatic heterocycles. The quantitative estimate of drug-likeness (QED) is 0.586. The summed E-state index contributed by atoms with van der Waals surface area (Å²) in [5.74, 6) is -0.545. The molecule has 0 aromatic rings. The number of carbonyl (C=O) groups excluding carboxylic acids is 2. The lowest BCUT2D eigenvalue weighted by atomic mass is 10.0. The molecule has 4 heteroatoms. The van der Waals surface area contributed by atoms with Gasteiger partial charge in [0, 0.05) is 6.42 Å². The topological polar surface area (TPSA) is 55.4 Å². The summed E-state index contributed by atoms with van der Waals surface area (Å²) in [6.45, 7) is 12.7. The van der Waals surface area contributed by atoms with E-state index in [2.05, 4.69) is 11.9 Å². The number of nitrogens with one attached hydrogen (secondary N) is 1. The Hall–Kier alpha value is -1.32. The highest BCUT2D eigenvalue weighted by Gasteiger charge is 2.28. The molecule has 104 valence electrons. The van der Waals surface area contributed by atoms with Crippen LogP contribution in [0.1, 0.15) is 47.5 Å². The third-order valence-corrected chi connectivity index (χ3v) is 2.22. The molecule has 0 spiro atoms. The maximum Gasteiger partial charge on any atom is 0.329 e. The second-order valence-electron chi connectivity index (χ2n) is 5.65. The minimum atomic E-state index is -0.596. The van der Waals surface area contributed by atoms with Crippen molar-refractivity contribution in [1.29, 1.82) is 0 Å². The molecule has 0 heterocycles. The van der Waals surface area contributed by atoms with Gasteiger partial charge >= 0.3 is 5.97 Å². The average molecular weight is 255 g/mol. The fourth-order valence-corrected chi connectivity index (χ4v) is 1.34. The van der Waals surface area contributed by atoms with Crippen LogP contribution in [0.15, 0.2) is 12.7 Å². The standard InChI is InChI=1S/C14H25NO3/c1-7-8-9-11(16)15-12(10(2)3)13(17)18-14(4,5)6/h7,10,12H,1,8-9H2,2-6H3,(H,15,16)/t12-/m1/s1. The van der Waals surface area contributed by atoms with Gasteiger partial charge in [-0.05, 0) is 33.1 Å². The number of esters is 1. The Labute approximate surface area is 110 Å². The molecule has 1 amide bonds. The molecule has 0 fully saturated rings. The van der Waals surface area contributed by atoms with E-state index in [4.69, 9.17) is 4.74 Å². The molecule has 0 rings (SSSR count). The Morgan fingerprint density at radius 1 is 1.33 bits per heavy atom. The van der Waals surface area contributed by atoms with Crippen LogP contribution in [0.4, 0.5) is 0 Å². The summed E-state index contributed by atoms with van der Waals surface area (Å²) in [5, 5.41) is 2.71. The monoisotopic (exact) mass is 255 g/mol. The van der Waals surface area contributed by atoms with E-state index in [1.807, 2.05) is 34.6 Å².